The quantitative estimate of drug-likeness (QED) is 0.517. The van der Waals surface area contributed by atoms with Crippen LogP contribution in [0.3, 0.4) is 0 Å². The first kappa shape index (κ1) is 14.3. The molecular weight excluding hydrogens is 312 g/mol. The van der Waals surface area contributed by atoms with Crippen molar-refractivity contribution in [3.63, 3.8) is 0 Å². The molecule has 0 spiro atoms. The number of carbonyl (C=O) groups is 3. The van der Waals surface area contributed by atoms with E-state index in [0.29, 0.717) is 0 Å². The Hall–Kier alpha value is -1.10. The van der Waals surface area contributed by atoms with Crippen LogP contribution in [0.4, 0.5) is 0 Å². The van der Waals surface area contributed by atoms with Crippen molar-refractivity contribution in [2.45, 2.75) is 6.42 Å². The number of hydrogen-bond acceptors (Lipinski definition) is 3. The average molecular weight is 321 g/mol. The summed E-state index contributed by atoms with van der Waals surface area (Å²) in [5.74, 6) is -3.05. The molecule has 19 heavy (non-hydrogen) atoms. The molecule has 1 fully saturated rings. The van der Waals surface area contributed by atoms with Gasteiger partial charge < -0.3 is 5.32 Å². The molecule has 1 N–H and O–H groups in total. The van der Waals surface area contributed by atoms with Crippen LogP contribution in [0.5, 0.6) is 0 Å². The molecule has 1 saturated heterocycles. The predicted octanol–water partition coefficient (Wildman–Crippen LogP) is 2.53. The first-order valence-electron chi connectivity index (χ1n) is 5.41. The molecule has 1 aromatic rings. The topological polar surface area (TPSA) is 63.2 Å². The third-order valence-electron chi connectivity index (χ3n) is 2.79. The van der Waals surface area contributed by atoms with Gasteiger partial charge in [-0.25, -0.2) is 0 Å². The second-order valence-corrected chi connectivity index (χ2v) is 5.27. The molecule has 1 heterocycles. The SMILES string of the molecule is O=C1CCNC(=O)C1C(=O)c1cc(Cl)c(Cl)cc1Cl. The largest absolute Gasteiger partial charge is 0.355 e. The van der Waals surface area contributed by atoms with Gasteiger partial charge in [0.2, 0.25) is 5.91 Å². The fraction of sp³-hybridized carbons (Fsp3) is 0.250. The molecular formula is C12H8Cl3NO3. The molecule has 100 valence electrons. The molecule has 1 amide bonds. The predicted molar refractivity (Wildman–Crippen MR) is 71.9 cm³/mol. The van der Waals surface area contributed by atoms with E-state index >= 15 is 0 Å². The number of benzene rings is 1. The molecule has 0 aliphatic carbocycles. The van der Waals surface area contributed by atoms with E-state index in [1.165, 1.54) is 12.1 Å². The van der Waals surface area contributed by atoms with Crippen molar-refractivity contribution in [2.75, 3.05) is 6.54 Å². The highest BCUT2D eigenvalue weighted by Crippen LogP contribution is 2.31. The van der Waals surface area contributed by atoms with Crippen LogP contribution >= 0.6 is 34.8 Å². The van der Waals surface area contributed by atoms with Gasteiger partial charge in [-0.2, -0.15) is 0 Å². The van der Waals surface area contributed by atoms with Crippen molar-refractivity contribution in [3.05, 3.63) is 32.8 Å². The van der Waals surface area contributed by atoms with Gasteiger partial charge in [-0.1, -0.05) is 34.8 Å². The van der Waals surface area contributed by atoms with Crippen LogP contribution in [0.1, 0.15) is 16.8 Å². The summed E-state index contributed by atoms with van der Waals surface area (Å²) in [5.41, 5.74) is 0.0199. The van der Waals surface area contributed by atoms with Gasteiger partial charge in [0.1, 0.15) is 0 Å². The number of rotatable bonds is 2. The number of hydrogen-bond donors (Lipinski definition) is 1. The smallest absolute Gasteiger partial charge is 0.238 e. The monoisotopic (exact) mass is 319 g/mol. The van der Waals surface area contributed by atoms with Crippen LogP contribution < -0.4 is 5.32 Å². The summed E-state index contributed by atoms with van der Waals surface area (Å²) in [6, 6.07) is 2.58. The number of Topliss-reactive ketones (excluding diaryl/α,β-unsaturated/α-hetero) is 2. The van der Waals surface area contributed by atoms with Crippen molar-refractivity contribution in [1.82, 2.24) is 5.32 Å². The summed E-state index contributed by atoms with van der Waals surface area (Å²) >= 11 is 17.5. The van der Waals surface area contributed by atoms with Crippen molar-refractivity contribution in [1.29, 1.82) is 0 Å². The third-order valence-corrected chi connectivity index (χ3v) is 3.83. The van der Waals surface area contributed by atoms with E-state index in [0.717, 1.165) is 0 Å². The number of carbonyl (C=O) groups excluding carboxylic acids is 3. The summed E-state index contributed by atoms with van der Waals surface area (Å²) in [6.07, 6.45) is 0.126. The van der Waals surface area contributed by atoms with Crippen molar-refractivity contribution in [2.24, 2.45) is 5.92 Å². The van der Waals surface area contributed by atoms with Crippen LogP contribution in [0.25, 0.3) is 0 Å². The average Bonchev–Trinajstić information content (AvgIpc) is 2.33. The Bertz CT molecular complexity index is 570. The van der Waals surface area contributed by atoms with E-state index in [2.05, 4.69) is 5.32 Å². The fourth-order valence-electron chi connectivity index (χ4n) is 1.83. The molecule has 2 rings (SSSR count). The van der Waals surface area contributed by atoms with Gasteiger partial charge in [0.05, 0.1) is 15.1 Å². The van der Waals surface area contributed by atoms with Crippen LogP contribution in [-0.4, -0.2) is 24.0 Å². The minimum atomic E-state index is -1.36. The van der Waals surface area contributed by atoms with Crippen molar-refractivity contribution < 1.29 is 14.4 Å². The highest BCUT2D eigenvalue weighted by molar-refractivity contribution is 6.44. The lowest BCUT2D eigenvalue weighted by molar-refractivity contribution is -0.134. The summed E-state index contributed by atoms with van der Waals surface area (Å²) in [6.45, 7) is 0.247. The van der Waals surface area contributed by atoms with Crippen molar-refractivity contribution >= 4 is 52.3 Å². The normalized spacial score (nSPS) is 19.2. The van der Waals surface area contributed by atoms with Gasteiger partial charge in [0, 0.05) is 18.5 Å². The lowest BCUT2D eigenvalue weighted by Gasteiger charge is -2.20. The van der Waals surface area contributed by atoms with Gasteiger partial charge in [0.25, 0.3) is 0 Å². The number of piperidine rings is 1. The van der Waals surface area contributed by atoms with Gasteiger partial charge in [-0.05, 0) is 12.1 Å². The van der Waals surface area contributed by atoms with Crippen molar-refractivity contribution in [3.8, 4) is 0 Å². The zero-order valence-electron chi connectivity index (χ0n) is 9.50. The number of amides is 1. The number of ketones is 2. The molecule has 0 saturated carbocycles. The lowest BCUT2D eigenvalue weighted by Crippen LogP contribution is -2.46. The lowest BCUT2D eigenvalue weighted by atomic mass is 9.89. The Morgan fingerprint density at radius 1 is 1.11 bits per heavy atom. The van der Waals surface area contributed by atoms with Crippen LogP contribution in [0.2, 0.25) is 15.1 Å². The minimum absolute atomic E-state index is 0.0199. The number of halogens is 3. The molecule has 1 aliphatic rings. The van der Waals surface area contributed by atoms with Gasteiger partial charge in [-0.3, -0.25) is 14.4 Å². The summed E-state index contributed by atoms with van der Waals surface area (Å²) in [5, 5.41) is 2.87. The van der Waals surface area contributed by atoms with E-state index < -0.39 is 23.4 Å². The van der Waals surface area contributed by atoms with E-state index in [1.807, 2.05) is 0 Å². The molecule has 7 heteroatoms. The summed E-state index contributed by atoms with van der Waals surface area (Å²) < 4.78 is 0. The molecule has 1 aliphatic heterocycles. The van der Waals surface area contributed by atoms with E-state index in [1.54, 1.807) is 0 Å². The van der Waals surface area contributed by atoms with Gasteiger partial charge in [0.15, 0.2) is 17.5 Å². The van der Waals surface area contributed by atoms with Gasteiger partial charge in [-0.15, -0.1) is 0 Å². The van der Waals surface area contributed by atoms with E-state index in [-0.39, 0.29) is 33.6 Å². The highest BCUT2D eigenvalue weighted by Gasteiger charge is 2.37. The molecule has 0 radical (unpaired) electrons. The molecule has 0 aromatic heterocycles. The first-order valence-corrected chi connectivity index (χ1v) is 6.54. The first-order chi connectivity index (χ1) is 8.91. The summed E-state index contributed by atoms with van der Waals surface area (Å²) in [7, 11) is 0. The van der Waals surface area contributed by atoms with Crippen LogP contribution in [-0.2, 0) is 9.59 Å². The maximum atomic E-state index is 12.2. The second kappa shape index (κ2) is 5.49. The number of nitrogens with one attached hydrogen (secondary N) is 1. The summed E-state index contributed by atoms with van der Waals surface area (Å²) in [4.78, 5) is 35.6. The standard InChI is InChI=1S/C12H8Cl3NO3/c13-6-4-8(15)7(14)3-5(6)11(18)10-9(17)1-2-16-12(10)19/h3-4,10H,1-2H2,(H,16,19). The van der Waals surface area contributed by atoms with Crippen LogP contribution in [0.15, 0.2) is 12.1 Å². The zero-order valence-corrected chi connectivity index (χ0v) is 11.8. The van der Waals surface area contributed by atoms with E-state index in [4.69, 9.17) is 34.8 Å². The van der Waals surface area contributed by atoms with Crippen LogP contribution in [0, 0.1) is 5.92 Å². The fourth-order valence-corrected chi connectivity index (χ4v) is 2.47. The Kier molecular flexibility index (Phi) is 4.13. The molecule has 4 nitrogen and oxygen atoms in total. The molecule has 1 unspecified atom stereocenters. The maximum Gasteiger partial charge on any atom is 0.238 e. The Morgan fingerprint density at radius 3 is 2.37 bits per heavy atom. The Morgan fingerprint density at radius 2 is 1.74 bits per heavy atom. The maximum absolute atomic E-state index is 12.2. The molecule has 1 atom stereocenters. The second-order valence-electron chi connectivity index (χ2n) is 4.05. The van der Waals surface area contributed by atoms with Gasteiger partial charge >= 0.3 is 0 Å². The third kappa shape index (κ3) is 2.76. The minimum Gasteiger partial charge on any atom is -0.355 e. The highest BCUT2D eigenvalue weighted by atomic mass is 35.5. The zero-order chi connectivity index (χ0) is 14.2. The Labute approximate surface area is 124 Å². The Balaban J connectivity index is 2.41. The molecule has 0 bridgehead atoms. The van der Waals surface area contributed by atoms with E-state index in [9.17, 15) is 14.4 Å². The molecule has 1 aromatic carbocycles.